The average Bonchev–Trinajstić information content (AvgIpc) is 2.12. The molecule has 0 aliphatic heterocycles. The molecule has 0 aromatic carbocycles. The molecular formula is C9H16ClN5. The zero-order valence-electron chi connectivity index (χ0n) is 9.16. The maximum Gasteiger partial charge on any atom is 0.228 e. The maximum atomic E-state index is 5.65. The minimum atomic E-state index is 0.113. The number of halogens is 1. The van der Waals surface area contributed by atoms with Gasteiger partial charge < -0.3 is 11.1 Å². The molecule has 5 nitrogen and oxygen atoms in total. The Morgan fingerprint density at radius 1 is 1.27 bits per heavy atom. The predicted octanol–water partition coefficient (Wildman–Crippen LogP) is 1.81. The van der Waals surface area contributed by atoms with E-state index in [0.717, 1.165) is 6.54 Å². The fraction of sp³-hybridized carbons (Fsp3) is 0.667. The highest BCUT2D eigenvalue weighted by molar-refractivity contribution is 6.28. The summed E-state index contributed by atoms with van der Waals surface area (Å²) in [6.07, 6.45) is 0. The normalized spacial score (nSPS) is 12.9. The van der Waals surface area contributed by atoms with Crippen molar-refractivity contribution in [1.82, 2.24) is 15.0 Å². The molecule has 0 aliphatic rings. The van der Waals surface area contributed by atoms with Gasteiger partial charge in [0.2, 0.25) is 17.2 Å². The number of nitrogens with zero attached hydrogens (tertiary/aromatic N) is 3. The molecule has 0 saturated heterocycles. The van der Waals surface area contributed by atoms with Crippen molar-refractivity contribution in [2.45, 2.75) is 20.8 Å². The van der Waals surface area contributed by atoms with Gasteiger partial charge in [-0.2, -0.15) is 15.0 Å². The van der Waals surface area contributed by atoms with Gasteiger partial charge in [0.1, 0.15) is 0 Å². The van der Waals surface area contributed by atoms with E-state index in [-0.39, 0.29) is 11.2 Å². The summed E-state index contributed by atoms with van der Waals surface area (Å²) >= 11 is 5.65. The van der Waals surface area contributed by atoms with E-state index in [1.807, 2.05) is 0 Å². The number of aromatic nitrogens is 3. The lowest BCUT2D eigenvalue weighted by atomic mass is 9.98. The Morgan fingerprint density at radius 2 is 1.93 bits per heavy atom. The minimum Gasteiger partial charge on any atom is -0.368 e. The molecule has 0 bridgehead atoms. The molecular weight excluding hydrogens is 214 g/mol. The van der Waals surface area contributed by atoms with Gasteiger partial charge in [-0.1, -0.05) is 20.8 Å². The predicted molar refractivity (Wildman–Crippen MR) is 61.7 cm³/mol. The number of hydrogen-bond acceptors (Lipinski definition) is 5. The molecule has 0 fully saturated rings. The first-order chi connectivity index (χ1) is 6.99. The van der Waals surface area contributed by atoms with E-state index >= 15 is 0 Å². The highest BCUT2D eigenvalue weighted by Crippen LogP contribution is 2.11. The van der Waals surface area contributed by atoms with E-state index < -0.39 is 0 Å². The third-order valence-electron chi connectivity index (χ3n) is 2.35. The number of nitrogen functional groups attached to an aromatic ring is 1. The van der Waals surface area contributed by atoms with Gasteiger partial charge in [0.05, 0.1) is 0 Å². The Hall–Kier alpha value is -1.10. The second kappa shape index (κ2) is 5.11. The number of anilines is 2. The van der Waals surface area contributed by atoms with Crippen LogP contribution >= 0.6 is 11.6 Å². The number of nitrogens with two attached hydrogens (primary N) is 1. The highest BCUT2D eigenvalue weighted by atomic mass is 35.5. The van der Waals surface area contributed by atoms with Gasteiger partial charge in [0, 0.05) is 6.54 Å². The summed E-state index contributed by atoms with van der Waals surface area (Å²) < 4.78 is 0. The van der Waals surface area contributed by atoms with Crippen LogP contribution in [-0.4, -0.2) is 21.5 Å². The van der Waals surface area contributed by atoms with Gasteiger partial charge in [-0.05, 0) is 23.4 Å². The van der Waals surface area contributed by atoms with E-state index in [4.69, 9.17) is 17.3 Å². The molecule has 0 saturated carbocycles. The Kier molecular flexibility index (Phi) is 4.08. The number of rotatable bonds is 4. The maximum absolute atomic E-state index is 5.65. The largest absolute Gasteiger partial charge is 0.368 e. The SMILES string of the molecule is CC(C)C(C)CNc1nc(N)nc(Cl)n1. The summed E-state index contributed by atoms with van der Waals surface area (Å²) in [6.45, 7) is 7.28. The second-order valence-corrected chi connectivity index (χ2v) is 4.23. The Labute approximate surface area is 94.5 Å². The van der Waals surface area contributed by atoms with Crippen molar-refractivity contribution in [1.29, 1.82) is 0 Å². The van der Waals surface area contributed by atoms with Crippen LogP contribution in [0.1, 0.15) is 20.8 Å². The van der Waals surface area contributed by atoms with Crippen LogP contribution in [0, 0.1) is 11.8 Å². The quantitative estimate of drug-likeness (QED) is 0.824. The third kappa shape index (κ3) is 3.87. The van der Waals surface area contributed by atoms with Crippen molar-refractivity contribution in [3.63, 3.8) is 0 Å². The van der Waals surface area contributed by atoms with Crippen molar-refractivity contribution in [2.75, 3.05) is 17.6 Å². The van der Waals surface area contributed by atoms with Crippen LogP contribution in [0.15, 0.2) is 0 Å². The van der Waals surface area contributed by atoms with E-state index in [1.165, 1.54) is 0 Å². The molecule has 84 valence electrons. The Morgan fingerprint density at radius 3 is 2.47 bits per heavy atom. The molecule has 1 aromatic heterocycles. The van der Waals surface area contributed by atoms with Gasteiger partial charge in [-0.3, -0.25) is 0 Å². The molecule has 6 heteroatoms. The lowest BCUT2D eigenvalue weighted by Crippen LogP contribution is -2.18. The Bertz CT molecular complexity index is 308. The van der Waals surface area contributed by atoms with Crippen LogP contribution < -0.4 is 11.1 Å². The van der Waals surface area contributed by atoms with Crippen LogP contribution in [-0.2, 0) is 0 Å². The molecule has 1 atom stereocenters. The van der Waals surface area contributed by atoms with Crippen LogP contribution in [0.2, 0.25) is 5.28 Å². The van der Waals surface area contributed by atoms with Gasteiger partial charge >= 0.3 is 0 Å². The monoisotopic (exact) mass is 229 g/mol. The van der Waals surface area contributed by atoms with Gasteiger partial charge in [0.25, 0.3) is 0 Å². The molecule has 1 rings (SSSR count). The molecule has 1 aromatic rings. The summed E-state index contributed by atoms with van der Waals surface area (Å²) in [5.74, 6) is 1.70. The first-order valence-electron chi connectivity index (χ1n) is 4.90. The fourth-order valence-corrected chi connectivity index (χ4v) is 1.10. The zero-order chi connectivity index (χ0) is 11.4. The molecule has 0 radical (unpaired) electrons. The summed E-state index contributed by atoms with van der Waals surface area (Å²) in [5.41, 5.74) is 5.44. The lowest BCUT2D eigenvalue weighted by Gasteiger charge is -2.15. The fourth-order valence-electron chi connectivity index (χ4n) is 0.932. The molecule has 0 spiro atoms. The molecule has 15 heavy (non-hydrogen) atoms. The van der Waals surface area contributed by atoms with E-state index in [0.29, 0.717) is 17.8 Å². The average molecular weight is 230 g/mol. The van der Waals surface area contributed by atoms with Crippen molar-refractivity contribution in [3.8, 4) is 0 Å². The summed E-state index contributed by atoms with van der Waals surface area (Å²) in [4.78, 5) is 11.5. The molecule has 3 N–H and O–H groups in total. The minimum absolute atomic E-state index is 0.113. The van der Waals surface area contributed by atoms with Crippen LogP contribution in [0.3, 0.4) is 0 Å². The zero-order valence-corrected chi connectivity index (χ0v) is 9.91. The Balaban J connectivity index is 2.57. The van der Waals surface area contributed by atoms with Crippen molar-refractivity contribution in [3.05, 3.63) is 5.28 Å². The van der Waals surface area contributed by atoms with E-state index in [9.17, 15) is 0 Å². The van der Waals surface area contributed by atoms with E-state index in [1.54, 1.807) is 0 Å². The van der Waals surface area contributed by atoms with Gasteiger partial charge in [-0.15, -0.1) is 0 Å². The smallest absolute Gasteiger partial charge is 0.228 e. The van der Waals surface area contributed by atoms with Crippen molar-refractivity contribution >= 4 is 23.5 Å². The standard InChI is InChI=1S/C9H16ClN5/c1-5(2)6(3)4-12-9-14-7(10)13-8(11)15-9/h5-6H,4H2,1-3H3,(H3,11,12,13,14,15). The second-order valence-electron chi connectivity index (χ2n) is 3.89. The number of nitrogens with one attached hydrogen (secondary N) is 1. The molecule has 0 amide bonds. The van der Waals surface area contributed by atoms with Gasteiger partial charge in [-0.25, -0.2) is 0 Å². The van der Waals surface area contributed by atoms with E-state index in [2.05, 4.69) is 41.0 Å². The first kappa shape index (κ1) is 12.0. The molecule has 1 unspecified atom stereocenters. The molecule has 1 heterocycles. The van der Waals surface area contributed by atoms with Crippen molar-refractivity contribution in [2.24, 2.45) is 11.8 Å². The lowest BCUT2D eigenvalue weighted by molar-refractivity contribution is 0.439. The number of hydrogen-bond donors (Lipinski definition) is 2. The summed E-state index contributed by atoms with van der Waals surface area (Å²) in [7, 11) is 0. The van der Waals surface area contributed by atoms with Crippen LogP contribution in [0.5, 0.6) is 0 Å². The summed E-state index contributed by atoms with van der Waals surface area (Å²) in [5, 5.41) is 3.19. The van der Waals surface area contributed by atoms with Crippen LogP contribution in [0.4, 0.5) is 11.9 Å². The topological polar surface area (TPSA) is 76.7 Å². The third-order valence-corrected chi connectivity index (χ3v) is 2.51. The summed E-state index contributed by atoms with van der Waals surface area (Å²) in [6, 6.07) is 0. The van der Waals surface area contributed by atoms with Gasteiger partial charge in [0.15, 0.2) is 0 Å². The highest BCUT2D eigenvalue weighted by Gasteiger charge is 2.08. The van der Waals surface area contributed by atoms with Crippen molar-refractivity contribution < 1.29 is 0 Å². The van der Waals surface area contributed by atoms with Crippen LogP contribution in [0.25, 0.3) is 0 Å². The first-order valence-corrected chi connectivity index (χ1v) is 5.27. The molecule has 0 aliphatic carbocycles.